The normalized spacial score (nSPS) is 13.4. The van der Waals surface area contributed by atoms with Crippen molar-refractivity contribution in [1.29, 1.82) is 0 Å². The van der Waals surface area contributed by atoms with E-state index in [-0.39, 0.29) is 33.6 Å². The minimum Gasteiger partial charge on any atom is -0.299 e. The van der Waals surface area contributed by atoms with Crippen LogP contribution >= 0.6 is 15.9 Å². The van der Waals surface area contributed by atoms with E-state index in [4.69, 9.17) is 0 Å². The highest BCUT2D eigenvalue weighted by atomic mass is 79.9. The van der Waals surface area contributed by atoms with Crippen molar-refractivity contribution in [2.45, 2.75) is 40.5 Å². The summed E-state index contributed by atoms with van der Waals surface area (Å²) in [5.41, 5.74) is -0.148. The lowest BCUT2D eigenvalue weighted by Crippen LogP contribution is -2.21. The summed E-state index contributed by atoms with van der Waals surface area (Å²) in [6.07, 6.45) is 0.131. The number of carbonyl (C=O) groups excluding carboxylic acids is 1. The Hall–Kier alpha value is -0.770. The number of halogens is 3. The number of hydrogen-bond acceptors (Lipinski definition) is 1. The number of benzene rings is 1. The van der Waals surface area contributed by atoms with Gasteiger partial charge in [-0.25, -0.2) is 8.78 Å². The van der Waals surface area contributed by atoms with Crippen LogP contribution in [0.5, 0.6) is 0 Å². The molecule has 0 aliphatic heterocycles. The van der Waals surface area contributed by atoms with Gasteiger partial charge in [0, 0.05) is 18.4 Å². The van der Waals surface area contributed by atoms with Gasteiger partial charge in [-0.1, -0.05) is 27.7 Å². The summed E-state index contributed by atoms with van der Waals surface area (Å²) in [6.45, 7) is 8.12. The molecule has 0 aliphatic carbocycles. The van der Waals surface area contributed by atoms with Crippen molar-refractivity contribution in [3.8, 4) is 0 Å². The molecule has 1 aromatic carbocycles. The minimum absolute atomic E-state index is 0.00399. The van der Waals surface area contributed by atoms with Gasteiger partial charge in [-0.05, 0) is 39.4 Å². The van der Waals surface area contributed by atoms with Crippen molar-refractivity contribution in [2.24, 2.45) is 11.3 Å². The van der Waals surface area contributed by atoms with Crippen LogP contribution in [-0.2, 0) is 11.2 Å². The van der Waals surface area contributed by atoms with Crippen LogP contribution in [-0.4, -0.2) is 5.78 Å². The first kappa shape index (κ1) is 16.3. The highest BCUT2D eigenvalue weighted by Gasteiger charge is 2.24. The van der Waals surface area contributed by atoms with Gasteiger partial charge in [-0.15, -0.1) is 0 Å². The molecule has 0 radical (unpaired) electrons. The molecule has 0 fully saturated rings. The smallest absolute Gasteiger partial charge is 0.143 e. The minimum atomic E-state index is -0.684. The molecule has 0 spiro atoms. The van der Waals surface area contributed by atoms with Crippen molar-refractivity contribution in [1.82, 2.24) is 0 Å². The van der Waals surface area contributed by atoms with Gasteiger partial charge in [-0.3, -0.25) is 4.79 Å². The Morgan fingerprint density at radius 1 is 1.32 bits per heavy atom. The predicted octanol–water partition coefficient (Wildman–Crippen LogP) is 4.91. The van der Waals surface area contributed by atoms with E-state index < -0.39 is 11.6 Å². The number of rotatable bonds is 4. The van der Waals surface area contributed by atoms with Gasteiger partial charge in [0.05, 0.1) is 4.47 Å². The lowest BCUT2D eigenvalue weighted by Gasteiger charge is -2.26. The molecule has 106 valence electrons. The first-order chi connectivity index (χ1) is 8.62. The van der Waals surface area contributed by atoms with E-state index >= 15 is 0 Å². The van der Waals surface area contributed by atoms with Crippen LogP contribution in [0.25, 0.3) is 0 Å². The van der Waals surface area contributed by atoms with Crippen molar-refractivity contribution < 1.29 is 13.6 Å². The van der Waals surface area contributed by atoms with E-state index in [1.807, 2.05) is 27.7 Å². The zero-order chi connectivity index (χ0) is 14.8. The standard InChI is InChI=1S/C15H19BrF2O/c1-9(15(2,3)4)7-10(19)8-11-13(17)6-5-12(16)14(11)18/h5-6,9H,7-8H2,1-4H3. The third-order valence-corrected chi connectivity index (χ3v) is 4.14. The summed E-state index contributed by atoms with van der Waals surface area (Å²) in [5.74, 6) is -1.33. The van der Waals surface area contributed by atoms with Gasteiger partial charge in [-0.2, -0.15) is 0 Å². The first-order valence-electron chi connectivity index (χ1n) is 6.27. The lowest BCUT2D eigenvalue weighted by atomic mass is 9.79. The second-order valence-corrected chi connectivity index (χ2v) is 6.86. The number of ketones is 1. The Labute approximate surface area is 121 Å². The van der Waals surface area contributed by atoms with Crippen molar-refractivity contribution in [2.75, 3.05) is 0 Å². The summed E-state index contributed by atoms with van der Waals surface area (Å²) < 4.78 is 27.5. The van der Waals surface area contributed by atoms with E-state index in [1.54, 1.807) is 0 Å². The molecule has 19 heavy (non-hydrogen) atoms. The van der Waals surface area contributed by atoms with Gasteiger partial charge in [0.1, 0.15) is 17.4 Å². The van der Waals surface area contributed by atoms with Gasteiger partial charge >= 0.3 is 0 Å². The van der Waals surface area contributed by atoms with Crippen molar-refractivity contribution in [3.63, 3.8) is 0 Å². The molecule has 0 heterocycles. The molecule has 1 unspecified atom stereocenters. The Morgan fingerprint density at radius 3 is 2.42 bits per heavy atom. The average molecular weight is 333 g/mol. The zero-order valence-electron chi connectivity index (χ0n) is 11.7. The molecule has 4 heteroatoms. The molecule has 1 aromatic rings. The molecule has 1 nitrogen and oxygen atoms in total. The van der Waals surface area contributed by atoms with Gasteiger partial charge in [0.2, 0.25) is 0 Å². The fourth-order valence-corrected chi connectivity index (χ4v) is 2.02. The Balaban J connectivity index is 2.81. The summed E-state index contributed by atoms with van der Waals surface area (Å²) in [4.78, 5) is 11.9. The number of hydrogen-bond donors (Lipinski definition) is 0. The second-order valence-electron chi connectivity index (χ2n) is 6.01. The lowest BCUT2D eigenvalue weighted by molar-refractivity contribution is -0.120. The Kier molecular flexibility index (Phi) is 5.25. The molecule has 1 atom stereocenters. The van der Waals surface area contributed by atoms with Crippen LogP contribution < -0.4 is 0 Å². The van der Waals surface area contributed by atoms with E-state index in [9.17, 15) is 13.6 Å². The topological polar surface area (TPSA) is 17.1 Å². The maximum absolute atomic E-state index is 13.8. The van der Waals surface area contributed by atoms with Crippen molar-refractivity contribution in [3.05, 3.63) is 33.8 Å². The molecule has 0 saturated heterocycles. The van der Waals surface area contributed by atoms with Crippen LogP contribution in [0.4, 0.5) is 8.78 Å². The summed E-state index contributed by atoms with van der Waals surface area (Å²) >= 11 is 3.00. The van der Waals surface area contributed by atoms with E-state index in [0.29, 0.717) is 6.42 Å². The maximum atomic E-state index is 13.8. The van der Waals surface area contributed by atoms with E-state index in [2.05, 4.69) is 15.9 Å². The van der Waals surface area contributed by atoms with E-state index in [0.717, 1.165) is 0 Å². The van der Waals surface area contributed by atoms with Gasteiger partial charge < -0.3 is 0 Å². The Bertz CT molecular complexity index is 478. The van der Waals surface area contributed by atoms with Crippen LogP contribution in [0.3, 0.4) is 0 Å². The van der Waals surface area contributed by atoms with Gasteiger partial charge in [0.25, 0.3) is 0 Å². The molecule has 0 saturated carbocycles. The number of carbonyl (C=O) groups is 1. The second kappa shape index (κ2) is 6.12. The fourth-order valence-electron chi connectivity index (χ4n) is 1.65. The maximum Gasteiger partial charge on any atom is 0.143 e. The fraction of sp³-hybridized carbons (Fsp3) is 0.533. The Morgan fingerprint density at radius 2 is 1.89 bits per heavy atom. The SMILES string of the molecule is CC(CC(=O)Cc1c(F)ccc(Br)c1F)C(C)(C)C. The van der Waals surface area contributed by atoms with Gasteiger partial charge in [0.15, 0.2) is 0 Å². The van der Waals surface area contributed by atoms with Crippen LogP contribution in [0.2, 0.25) is 0 Å². The summed E-state index contributed by atoms with van der Waals surface area (Å²) in [6, 6.07) is 2.47. The molecule has 0 aromatic heterocycles. The molecule has 1 rings (SSSR count). The highest BCUT2D eigenvalue weighted by molar-refractivity contribution is 9.10. The monoisotopic (exact) mass is 332 g/mol. The summed E-state index contributed by atoms with van der Waals surface area (Å²) in [7, 11) is 0. The van der Waals surface area contributed by atoms with E-state index in [1.165, 1.54) is 12.1 Å². The van der Waals surface area contributed by atoms with Crippen LogP contribution in [0.1, 0.15) is 39.7 Å². The third kappa shape index (κ3) is 4.37. The molecule has 0 N–H and O–H groups in total. The molecule has 0 aliphatic rings. The van der Waals surface area contributed by atoms with Crippen LogP contribution in [0.15, 0.2) is 16.6 Å². The number of Topliss-reactive ketones (excluding diaryl/α,β-unsaturated/α-hetero) is 1. The average Bonchev–Trinajstić information content (AvgIpc) is 2.28. The third-order valence-electron chi connectivity index (χ3n) is 3.53. The first-order valence-corrected chi connectivity index (χ1v) is 7.06. The summed E-state index contributed by atoms with van der Waals surface area (Å²) in [5, 5.41) is 0. The largest absolute Gasteiger partial charge is 0.299 e. The highest BCUT2D eigenvalue weighted by Crippen LogP contribution is 2.29. The molecular weight excluding hydrogens is 314 g/mol. The zero-order valence-corrected chi connectivity index (χ0v) is 13.3. The molecular formula is C15H19BrF2O. The quantitative estimate of drug-likeness (QED) is 0.716. The predicted molar refractivity (Wildman–Crippen MR) is 76.0 cm³/mol. The molecule has 0 amide bonds. The van der Waals surface area contributed by atoms with Crippen molar-refractivity contribution >= 4 is 21.7 Å². The molecule has 0 bridgehead atoms. The van der Waals surface area contributed by atoms with Crippen LogP contribution in [0, 0.1) is 23.0 Å².